The van der Waals surface area contributed by atoms with Gasteiger partial charge in [-0.1, -0.05) is 6.07 Å². The Morgan fingerprint density at radius 1 is 1.28 bits per heavy atom. The number of aromatic nitrogens is 4. The third kappa shape index (κ3) is 5.32. The molecule has 0 aliphatic heterocycles. The molecule has 0 saturated heterocycles. The van der Waals surface area contributed by atoms with Gasteiger partial charge in [0.05, 0.1) is 9.37 Å². The number of carbonyl (C=O) groups excluding carboxylic acids is 1. The maximum Gasteiger partial charge on any atom is 0.436 e. The molecular formula is C17H14BrF3N4O5S2. The smallest absolute Gasteiger partial charge is 0.436 e. The van der Waals surface area contributed by atoms with Crippen LogP contribution in [0.2, 0.25) is 0 Å². The second kappa shape index (κ2) is 9.23. The lowest BCUT2D eigenvalue weighted by Gasteiger charge is -2.05. The molecule has 32 heavy (non-hydrogen) atoms. The van der Waals surface area contributed by atoms with Gasteiger partial charge in [0.1, 0.15) is 18.2 Å². The van der Waals surface area contributed by atoms with Crippen molar-refractivity contribution in [1.29, 1.82) is 0 Å². The minimum atomic E-state index is -4.82. The van der Waals surface area contributed by atoms with E-state index in [0.29, 0.717) is 0 Å². The molecular weight excluding hydrogens is 541 g/mol. The summed E-state index contributed by atoms with van der Waals surface area (Å²) >= 11 is 4.07. The van der Waals surface area contributed by atoms with Gasteiger partial charge in [-0.15, -0.1) is 22.0 Å². The largest absolute Gasteiger partial charge is 0.453 e. The average Bonchev–Trinajstić information content (AvgIpc) is 3.30. The van der Waals surface area contributed by atoms with E-state index in [1.807, 2.05) is 0 Å². The summed E-state index contributed by atoms with van der Waals surface area (Å²) in [6.45, 7) is -0.633. The zero-order chi connectivity index (χ0) is 23.7. The number of halogens is 4. The molecule has 0 spiro atoms. The maximum absolute atomic E-state index is 13.4. The first-order valence-electron chi connectivity index (χ1n) is 8.54. The van der Waals surface area contributed by atoms with Gasteiger partial charge in [-0.3, -0.25) is 4.79 Å². The molecule has 9 nitrogen and oxygen atoms in total. The topological polar surface area (TPSA) is 117 Å². The zero-order valence-electron chi connectivity index (χ0n) is 16.4. The zero-order valence-corrected chi connectivity index (χ0v) is 19.6. The van der Waals surface area contributed by atoms with Gasteiger partial charge in [-0.2, -0.15) is 18.3 Å². The van der Waals surface area contributed by atoms with Crippen LogP contribution in [0.25, 0.3) is 23.0 Å². The van der Waals surface area contributed by atoms with Gasteiger partial charge in [0.2, 0.25) is 5.89 Å². The van der Waals surface area contributed by atoms with Crippen LogP contribution in [0.4, 0.5) is 13.2 Å². The van der Waals surface area contributed by atoms with Gasteiger partial charge >= 0.3 is 12.1 Å². The van der Waals surface area contributed by atoms with Gasteiger partial charge < -0.3 is 9.15 Å². The van der Waals surface area contributed by atoms with Crippen LogP contribution in [0.1, 0.15) is 5.69 Å². The van der Waals surface area contributed by atoms with Crippen molar-refractivity contribution >= 4 is 43.5 Å². The molecule has 0 N–H and O–H groups in total. The van der Waals surface area contributed by atoms with Crippen LogP contribution in [0.3, 0.4) is 0 Å². The SMILES string of the molecule is CSCOC(=O)Cn1nc(C(F)(F)F)c(Br)c1-c1nnc(-c2cccc(S(C)(=O)=O)c2)o1. The molecule has 2 heterocycles. The van der Waals surface area contributed by atoms with Gasteiger partial charge in [0.25, 0.3) is 5.89 Å². The number of benzene rings is 1. The van der Waals surface area contributed by atoms with Crippen LogP contribution >= 0.6 is 27.7 Å². The molecule has 15 heteroatoms. The second-order valence-corrected chi connectivity index (χ2v) is 9.92. The highest BCUT2D eigenvalue weighted by atomic mass is 79.9. The minimum absolute atomic E-state index is 0.00290. The number of nitrogens with zero attached hydrogens (tertiary/aromatic N) is 4. The number of esters is 1. The van der Waals surface area contributed by atoms with Gasteiger partial charge in [0.15, 0.2) is 15.5 Å². The highest BCUT2D eigenvalue weighted by Crippen LogP contribution is 2.40. The van der Waals surface area contributed by atoms with Crippen molar-refractivity contribution in [3.05, 3.63) is 34.4 Å². The first-order valence-corrected chi connectivity index (χ1v) is 12.6. The van der Waals surface area contributed by atoms with Crippen molar-refractivity contribution in [3.8, 4) is 23.0 Å². The van der Waals surface area contributed by atoms with Crippen molar-refractivity contribution in [2.45, 2.75) is 17.6 Å². The second-order valence-electron chi connectivity index (χ2n) is 6.30. The van der Waals surface area contributed by atoms with E-state index in [-0.39, 0.29) is 33.9 Å². The van der Waals surface area contributed by atoms with Crippen LogP contribution < -0.4 is 0 Å². The fourth-order valence-corrected chi connectivity index (χ4v) is 4.12. The molecule has 0 amide bonds. The predicted octanol–water partition coefficient (Wildman–Crippen LogP) is 3.65. The molecule has 0 aliphatic rings. The summed E-state index contributed by atoms with van der Waals surface area (Å²) in [5, 5.41) is 11.0. The summed E-state index contributed by atoms with van der Waals surface area (Å²) in [6.07, 6.45) is -2.12. The first-order chi connectivity index (χ1) is 14.9. The average molecular weight is 555 g/mol. The van der Waals surface area contributed by atoms with Gasteiger partial charge in [-0.25, -0.2) is 13.1 Å². The summed E-state index contributed by atoms with van der Waals surface area (Å²) in [4.78, 5) is 12.0. The number of carbonyl (C=O) groups is 1. The van der Waals surface area contributed by atoms with Crippen LogP contribution in [-0.4, -0.2) is 52.8 Å². The molecule has 0 bridgehead atoms. The van der Waals surface area contributed by atoms with Crippen molar-refractivity contribution < 1.29 is 35.5 Å². The lowest BCUT2D eigenvalue weighted by atomic mass is 10.2. The first kappa shape index (κ1) is 24.3. The van der Waals surface area contributed by atoms with Crippen molar-refractivity contribution in [2.75, 3.05) is 18.5 Å². The number of hydrogen-bond acceptors (Lipinski definition) is 9. The van der Waals surface area contributed by atoms with Crippen LogP contribution in [-0.2, 0) is 32.1 Å². The van der Waals surface area contributed by atoms with Crippen molar-refractivity contribution in [2.24, 2.45) is 0 Å². The van der Waals surface area contributed by atoms with Crippen molar-refractivity contribution in [3.63, 3.8) is 0 Å². The summed E-state index contributed by atoms with van der Waals surface area (Å²) in [5.74, 6) is -1.30. The summed E-state index contributed by atoms with van der Waals surface area (Å²) in [6, 6.07) is 5.62. The molecule has 3 rings (SSSR count). The Hall–Kier alpha value is -2.39. The number of rotatable bonds is 7. The molecule has 0 aliphatic carbocycles. The molecule has 0 unspecified atom stereocenters. The standard InChI is InChI=1S/C17H14BrF3N4O5S2/c1-31-8-29-11(26)7-25-13(12(18)14(24-25)17(19,20)21)16-23-22-15(30-16)9-4-3-5-10(6-9)32(2,27)28/h3-6H,7-8H2,1-2H3. The minimum Gasteiger partial charge on any atom is -0.453 e. The molecule has 2 aromatic heterocycles. The third-order valence-corrected chi connectivity index (χ3v) is 6.13. The number of thioether (sulfide) groups is 1. The molecule has 0 atom stereocenters. The third-order valence-electron chi connectivity index (χ3n) is 3.92. The number of ether oxygens (including phenoxy) is 1. The van der Waals surface area contributed by atoms with E-state index < -0.39 is 38.7 Å². The lowest BCUT2D eigenvalue weighted by Crippen LogP contribution is -2.16. The summed E-state index contributed by atoms with van der Waals surface area (Å²) in [5.41, 5.74) is -1.33. The lowest BCUT2D eigenvalue weighted by molar-refractivity contribution is -0.145. The summed E-state index contributed by atoms with van der Waals surface area (Å²) < 4.78 is 74.3. The molecule has 0 fully saturated rings. The van der Waals surface area contributed by atoms with E-state index in [4.69, 9.17) is 9.15 Å². The number of hydrogen-bond donors (Lipinski definition) is 0. The van der Waals surface area contributed by atoms with Crippen LogP contribution in [0, 0.1) is 0 Å². The highest BCUT2D eigenvalue weighted by molar-refractivity contribution is 9.10. The highest BCUT2D eigenvalue weighted by Gasteiger charge is 2.40. The maximum atomic E-state index is 13.4. The number of sulfone groups is 1. The van der Waals surface area contributed by atoms with E-state index in [2.05, 4.69) is 31.2 Å². The Morgan fingerprint density at radius 3 is 2.59 bits per heavy atom. The molecule has 3 aromatic rings. The molecule has 1 aromatic carbocycles. The van der Waals surface area contributed by atoms with E-state index in [1.54, 1.807) is 6.26 Å². The molecule has 0 radical (unpaired) electrons. The fraction of sp³-hybridized carbons (Fsp3) is 0.294. The molecule has 172 valence electrons. The van der Waals surface area contributed by atoms with Crippen molar-refractivity contribution in [1.82, 2.24) is 20.0 Å². The van der Waals surface area contributed by atoms with Crippen LogP contribution in [0.15, 0.2) is 38.1 Å². The van der Waals surface area contributed by atoms with Gasteiger partial charge in [-0.05, 0) is 40.4 Å². The Bertz CT molecular complexity index is 1260. The fourth-order valence-electron chi connectivity index (χ4n) is 2.53. The number of alkyl halides is 3. The van der Waals surface area contributed by atoms with Gasteiger partial charge in [0, 0.05) is 11.8 Å². The predicted molar refractivity (Wildman–Crippen MR) is 111 cm³/mol. The quantitative estimate of drug-likeness (QED) is 0.318. The normalized spacial score (nSPS) is 12.2. The monoisotopic (exact) mass is 554 g/mol. The van der Waals surface area contributed by atoms with E-state index in [0.717, 1.165) is 10.9 Å². The molecule has 0 saturated carbocycles. The Morgan fingerprint density at radius 2 is 1.97 bits per heavy atom. The Balaban J connectivity index is 2.05. The summed E-state index contributed by atoms with van der Waals surface area (Å²) in [7, 11) is -3.52. The Kier molecular flexibility index (Phi) is 7.00. The van der Waals surface area contributed by atoms with E-state index in [9.17, 15) is 26.4 Å². The Labute approximate surface area is 192 Å². The van der Waals surface area contributed by atoms with E-state index in [1.165, 1.54) is 36.0 Å². The van der Waals surface area contributed by atoms with Crippen LogP contribution in [0.5, 0.6) is 0 Å². The van der Waals surface area contributed by atoms with E-state index >= 15 is 0 Å².